The molecule has 1 aliphatic rings. The van der Waals surface area contributed by atoms with Gasteiger partial charge in [0.2, 0.25) is 0 Å². The highest BCUT2D eigenvalue weighted by atomic mass is 19.3. The van der Waals surface area contributed by atoms with Crippen molar-refractivity contribution in [3.05, 3.63) is 65.2 Å². The second-order valence-corrected chi connectivity index (χ2v) is 5.81. The lowest BCUT2D eigenvalue weighted by Gasteiger charge is -2.30. The first-order valence-electron chi connectivity index (χ1n) is 7.69. The van der Waals surface area contributed by atoms with Gasteiger partial charge in [0, 0.05) is 18.5 Å². The maximum Gasteiger partial charge on any atom is 0.297 e. The fourth-order valence-electron chi connectivity index (χ4n) is 3.12. The molecule has 0 atom stereocenters. The van der Waals surface area contributed by atoms with Gasteiger partial charge >= 0.3 is 0 Å². The Morgan fingerprint density at radius 1 is 1.00 bits per heavy atom. The van der Waals surface area contributed by atoms with Crippen LogP contribution in [-0.4, -0.2) is 16.5 Å². The van der Waals surface area contributed by atoms with Crippen LogP contribution in [0.15, 0.2) is 42.5 Å². The first-order valence-corrected chi connectivity index (χ1v) is 7.69. The van der Waals surface area contributed by atoms with E-state index in [0.717, 1.165) is 16.5 Å². The van der Waals surface area contributed by atoms with Gasteiger partial charge in [0.1, 0.15) is 11.6 Å². The summed E-state index contributed by atoms with van der Waals surface area (Å²) in [6, 6.07) is 11.8. The van der Waals surface area contributed by atoms with Crippen LogP contribution in [0.5, 0.6) is 0 Å². The molecule has 1 aromatic heterocycles. The molecule has 0 saturated carbocycles. The Labute approximate surface area is 136 Å². The van der Waals surface area contributed by atoms with Crippen molar-refractivity contribution < 1.29 is 13.2 Å². The fraction of sp³-hybridized carbons (Fsp3) is 0.222. The van der Waals surface area contributed by atoms with Crippen LogP contribution in [0.3, 0.4) is 0 Å². The molecule has 1 aliphatic heterocycles. The Bertz CT molecular complexity index is 911. The molecule has 0 amide bonds. The average Bonchev–Trinajstić information content (AvgIpc) is 2.60. The van der Waals surface area contributed by atoms with Crippen molar-refractivity contribution in [2.75, 3.05) is 11.4 Å². The van der Waals surface area contributed by atoms with Crippen molar-refractivity contribution in [1.82, 2.24) is 9.97 Å². The number of benzene rings is 2. The van der Waals surface area contributed by atoms with E-state index < -0.39 is 12.2 Å². The van der Waals surface area contributed by atoms with Gasteiger partial charge in [-0.3, -0.25) is 0 Å². The van der Waals surface area contributed by atoms with Gasteiger partial charge in [0.15, 0.2) is 5.82 Å². The maximum atomic E-state index is 13.3. The number of hydrogen-bond acceptors (Lipinski definition) is 3. The third kappa shape index (κ3) is 2.58. The van der Waals surface area contributed by atoms with Crippen LogP contribution in [0.2, 0.25) is 0 Å². The predicted molar refractivity (Wildman–Crippen MR) is 85.6 cm³/mol. The molecule has 4 rings (SSSR count). The number of para-hydroxylation sites is 1. The van der Waals surface area contributed by atoms with Gasteiger partial charge in [0.25, 0.3) is 6.43 Å². The zero-order valence-electron chi connectivity index (χ0n) is 12.7. The smallest absolute Gasteiger partial charge is 0.297 e. The summed E-state index contributed by atoms with van der Waals surface area (Å²) in [5, 5.41) is 0.743. The molecule has 0 N–H and O–H groups in total. The summed E-state index contributed by atoms with van der Waals surface area (Å²) >= 11 is 0. The first-order chi connectivity index (χ1) is 11.6. The lowest BCUT2D eigenvalue weighted by Crippen LogP contribution is -2.31. The molecule has 2 aromatic carbocycles. The highest BCUT2D eigenvalue weighted by Gasteiger charge is 2.22. The van der Waals surface area contributed by atoms with Gasteiger partial charge in [0.05, 0.1) is 5.52 Å². The number of aromatic nitrogens is 2. The second kappa shape index (κ2) is 5.78. The van der Waals surface area contributed by atoms with Crippen molar-refractivity contribution in [2.24, 2.45) is 0 Å². The maximum absolute atomic E-state index is 13.3. The molecule has 122 valence electrons. The molecule has 0 unspecified atom stereocenters. The molecule has 2 heterocycles. The van der Waals surface area contributed by atoms with Crippen LogP contribution < -0.4 is 4.90 Å². The monoisotopic (exact) mass is 329 g/mol. The fourth-order valence-corrected chi connectivity index (χ4v) is 3.12. The highest BCUT2D eigenvalue weighted by Crippen LogP contribution is 2.30. The number of alkyl halides is 2. The van der Waals surface area contributed by atoms with Crippen LogP contribution >= 0.6 is 0 Å². The molecule has 24 heavy (non-hydrogen) atoms. The van der Waals surface area contributed by atoms with E-state index in [4.69, 9.17) is 0 Å². The van der Waals surface area contributed by atoms with Gasteiger partial charge in [-0.2, -0.15) is 0 Å². The zero-order chi connectivity index (χ0) is 16.7. The summed E-state index contributed by atoms with van der Waals surface area (Å²) in [5.41, 5.74) is 2.45. The number of anilines is 1. The van der Waals surface area contributed by atoms with Crippen LogP contribution in [0, 0.1) is 5.82 Å². The van der Waals surface area contributed by atoms with E-state index in [9.17, 15) is 13.2 Å². The number of halogens is 3. The summed E-state index contributed by atoms with van der Waals surface area (Å²) in [5.74, 6) is -0.214. The minimum absolute atomic E-state index is 0.255. The lowest BCUT2D eigenvalue weighted by molar-refractivity contribution is 0.141. The topological polar surface area (TPSA) is 29.0 Å². The van der Waals surface area contributed by atoms with Crippen LogP contribution in [-0.2, 0) is 13.0 Å². The largest absolute Gasteiger partial charge is 0.351 e. The Morgan fingerprint density at radius 2 is 1.83 bits per heavy atom. The molecule has 0 aliphatic carbocycles. The van der Waals surface area contributed by atoms with Crippen LogP contribution in [0.4, 0.5) is 19.0 Å². The Morgan fingerprint density at radius 3 is 2.67 bits per heavy atom. The van der Waals surface area contributed by atoms with E-state index in [2.05, 4.69) is 9.97 Å². The van der Waals surface area contributed by atoms with Crippen molar-refractivity contribution in [3.8, 4) is 0 Å². The predicted octanol–water partition coefficient (Wildman–Crippen LogP) is 4.27. The molecule has 0 fully saturated rings. The molecule has 3 nitrogen and oxygen atoms in total. The minimum atomic E-state index is -2.72. The van der Waals surface area contributed by atoms with Crippen molar-refractivity contribution in [1.29, 1.82) is 0 Å². The van der Waals surface area contributed by atoms with E-state index in [1.54, 1.807) is 18.2 Å². The van der Waals surface area contributed by atoms with Crippen molar-refractivity contribution >= 4 is 16.7 Å². The highest BCUT2D eigenvalue weighted by molar-refractivity contribution is 5.89. The molecule has 3 aromatic rings. The number of fused-ring (bicyclic) bond motifs is 2. The lowest BCUT2D eigenvalue weighted by atomic mass is 9.99. The standard InChI is InChI=1S/C18H14F3N3/c19-13-6-5-12-10-24(8-7-11(12)9-13)18-14-3-1-2-4-15(14)22-17(23-18)16(20)21/h1-6,9,16H,7-8,10H2. The Hall–Kier alpha value is -2.63. The van der Waals surface area contributed by atoms with Crippen LogP contribution in [0.1, 0.15) is 23.4 Å². The molecule has 6 heteroatoms. The van der Waals surface area contributed by atoms with Crippen LogP contribution in [0.25, 0.3) is 10.9 Å². The second-order valence-electron chi connectivity index (χ2n) is 5.81. The van der Waals surface area contributed by atoms with Gasteiger partial charge in [-0.05, 0) is 41.8 Å². The normalized spacial score (nSPS) is 14.2. The summed E-state index contributed by atoms with van der Waals surface area (Å²) in [6.45, 7) is 1.11. The molecule has 0 saturated heterocycles. The molecule has 0 radical (unpaired) electrons. The van der Waals surface area contributed by atoms with Gasteiger partial charge in [-0.15, -0.1) is 0 Å². The summed E-state index contributed by atoms with van der Waals surface area (Å²) in [7, 11) is 0. The Kier molecular flexibility index (Phi) is 3.59. The summed E-state index contributed by atoms with van der Waals surface area (Å²) < 4.78 is 39.6. The summed E-state index contributed by atoms with van der Waals surface area (Å²) in [4.78, 5) is 10.0. The molecule has 0 bridgehead atoms. The number of nitrogens with zero attached hydrogens (tertiary/aromatic N) is 3. The van der Waals surface area contributed by atoms with E-state index in [1.165, 1.54) is 12.1 Å². The minimum Gasteiger partial charge on any atom is -0.351 e. The van der Waals surface area contributed by atoms with Crippen molar-refractivity contribution in [2.45, 2.75) is 19.4 Å². The molecular formula is C18H14F3N3. The number of rotatable bonds is 2. The van der Waals surface area contributed by atoms with E-state index >= 15 is 0 Å². The third-order valence-corrected chi connectivity index (χ3v) is 4.28. The van der Waals surface area contributed by atoms with Crippen molar-refractivity contribution in [3.63, 3.8) is 0 Å². The summed E-state index contributed by atoms with van der Waals surface area (Å²) in [6.07, 6.45) is -2.07. The molecule has 0 spiro atoms. The average molecular weight is 329 g/mol. The van der Waals surface area contributed by atoms with Gasteiger partial charge in [-0.1, -0.05) is 18.2 Å². The number of hydrogen-bond donors (Lipinski definition) is 0. The first kappa shape index (κ1) is 14.9. The SMILES string of the molecule is Fc1ccc2c(c1)CCN(c1nc(C(F)F)nc3ccccc13)C2. The quantitative estimate of drug-likeness (QED) is 0.703. The van der Waals surface area contributed by atoms with Gasteiger partial charge < -0.3 is 4.90 Å². The third-order valence-electron chi connectivity index (χ3n) is 4.28. The van der Waals surface area contributed by atoms with E-state index in [-0.39, 0.29) is 5.82 Å². The van der Waals surface area contributed by atoms with Gasteiger partial charge in [-0.25, -0.2) is 23.1 Å². The van der Waals surface area contributed by atoms with E-state index in [0.29, 0.717) is 30.8 Å². The Balaban J connectivity index is 1.80. The zero-order valence-corrected chi connectivity index (χ0v) is 12.7. The molecular weight excluding hydrogens is 315 g/mol. The van der Waals surface area contributed by atoms with E-state index in [1.807, 2.05) is 17.0 Å².